The molecule has 0 saturated carbocycles. The number of carbonyl (C=O) groups is 2. The molecule has 3 aromatic rings. The van der Waals surface area contributed by atoms with Gasteiger partial charge < -0.3 is 5.32 Å². The van der Waals surface area contributed by atoms with Gasteiger partial charge >= 0.3 is 0 Å². The fraction of sp³-hybridized carbons (Fsp3) is 0.0526. The van der Waals surface area contributed by atoms with Crippen LogP contribution in [0.5, 0.6) is 0 Å². The maximum absolute atomic E-state index is 13.6. The number of halogens is 1. The van der Waals surface area contributed by atoms with E-state index in [-0.39, 0.29) is 18.1 Å². The molecule has 4 rings (SSSR count). The van der Waals surface area contributed by atoms with Gasteiger partial charge in [0, 0.05) is 10.9 Å². The van der Waals surface area contributed by atoms with Crippen molar-refractivity contribution in [2.45, 2.75) is 0 Å². The van der Waals surface area contributed by atoms with Crippen molar-refractivity contribution in [3.8, 4) is 0 Å². The van der Waals surface area contributed by atoms with E-state index in [2.05, 4.69) is 5.32 Å². The van der Waals surface area contributed by atoms with Gasteiger partial charge in [0.05, 0.1) is 11.4 Å². The number of anilines is 2. The molecule has 0 aromatic heterocycles. The van der Waals surface area contributed by atoms with E-state index in [1.807, 2.05) is 30.3 Å². The summed E-state index contributed by atoms with van der Waals surface area (Å²) in [4.78, 5) is 26.3. The van der Waals surface area contributed by atoms with Gasteiger partial charge in [-0.3, -0.25) is 14.5 Å². The van der Waals surface area contributed by atoms with Crippen LogP contribution in [-0.2, 0) is 4.79 Å². The third kappa shape index (κ3) is 2.22. The first-order chi connectivity index (χ1) is 11.6. The summed E-state index contributed by atoms with van der Waals surface area (Å²) < 4.78 is 13.6. The lowest BCUT2D eigenvalue weighted by atomic mass is 10.1. The maximum atomic E-state index is 13.6. The standard InChI is InChI=1S/C19H13FN2O2/c20-14-8-1-2-9-15(14)21-17(23)11-22-16-10-4-6-12-5-3-7-13(18(12)16)19(22)24/h1-10H,11H2,(H,21,23). The number of carbonyl (C=O) groups excluding carboxylic acids is 2. The van der Waals surface area contributed by atoms with Crippen LogP contribution in [0.1, 0.15) is 10.4 Å². The molecule has 0 spiro atoms. The topological polar surface area (TPSA) is 49.4 Å². The fourth-order valence-corrected chi connectivity index (χ4v) is 3.03. The molecule has 0 saturated heterocycles. The van der Waals surface area contributed by atoms with Gasteiger partial charge in [0.15, 0.2) is 0 Å². The van der Waals surface area contributed by atoms with Gasteiger partial charge in [-0.15, -0.1) is 0 Å². The monoisotopic (exact) mass is 320 g/mol. The predicted molar refractivity (Wildman–Crippen MR) is 90.7 cm³/mol. The Balaban J connectivity index is 1.62. The molecule has 1 N–H and O–H groups in total. The third-order valence-electron chi connectivity index (χ3n) is 4.10. The first-order valence-corrected chi connectivity index (χ1v) is 7.53. The van der Waals surface area contributed by atoms with E-state index in [9.17, 15) is 14.0 Å². The zero-order chi connectivity index (χ0) is 16.7. The van der Waals surface area contributed by atoms with E-state index < -0.39 is 11.7 Å². The Morgan fingerprint density at radius 2 is 1.75 bits per heavy atom. The van der Waals surface area contributed by atoms with E-state index in [0.29, 0.717) is 11.3 Å². The summed E-state index contributed by atoms with van der Waals surface area (Å²) in [5.74, 6) is -1.17. The number of hydrogen-bond acceptors (Lipinski definition) is 2. The SMILES string of the molecule is O=C(CN1C(=O)c2cccc3cccc1c23)Nc1ccccc1F. The third-order valence-corrected chi connectivity index (χ3v) is 4.10. The van der Waals surface area contributed by atoms with E-state index in [0.717, 1.165) is 10.8 Å². The lowest BCUT2D eigenvalue weighted by Gasteiger charge is -2.17. The van der Waals surface area contributed by atoms with Crippen LogP contribution < -0.4 is 10.2 Å². The summed E-state index contributed by atoms with van der Waals surface area (Å²) in [6.07, 6.45) is 0. The van der Waals surface area contributed by atoms with Gasteiger partial charge in [-0.1, -0.05) is 36.4 Å². The minimum absolute atomic E-state index is 0.102. The van der Waals surface area contributed by atoms with E-state index in [1.165, 1.54) is 17.0 Å². The average Bonchev–Trinajstić information content (AvgIpc) is 2.85. The van der Waals surface area contributed by atoms with E-state index in [1.54, 1.807) is 18.2 Å². The largest absolute Gasteiger partial charge is 0.322 e. The second kappa shape index (κ2) is 5.45. The van der Waals surface area contributed by atoms with Crippen molar-refractivity contribution in [1.82, 2.24) is 0 Å². The van der Waals surface area contributed by atoms with Crippen LogP contribution in [0.25, 0.3) is 10.8 Å². The number of benzene rings is 3. The van der Waals surface area contributed by atoms with Gasteiger partial charge in [-0.25, -0.2) is 4.39 Å². The normalized spacial score (nSPS) is 12.7. The molecule has 0 unspecified atom stereocenters. The van der Waals surface area contributed by atoms with Crippen LogP contribution in [0, 0.1) is 5.82 Å². The number of para-hydroxylation sites is 1. The van der Waals surface area contributed by atoms with Gasteiger partial charge in [0.1, 0.15) is 12.4 Å². The molecule has 118 valence electrons. The second-order valence-electron chi connectivity index (χ2n) is 5.60. The Labute approximate surface area is 137 Å². The van der Waals surface area contributed by atoms with Gasteiger partial charge in [0.2, 0.25) is 5.91 Å². The van der Waals surface area contributed by atoms with Crippen molar-refractivity contribution in [2.75, 3.05) is 16.8 Å². The summed E-state index contributed by atoms with van der Waals surface area (Å²) in [5, 5.41) is 4.31. The van der Waals surface area contributed by atoms with Crippen LogP contribution >= 0.6 is 0 Å². The smallest absolute Gasteiger partial charge is 0.259 e. The summed E-state index contributed by atoms with van der Waals surface area (Å²) in [5.41, 5.74) is 1.39. The summed E-state index contributed by atoms with van der Waals surface area (Å²) in [6, 6.07) is 17.0. The molecule has 2 amide bonds. The van der Waals surface area contributed by atoms with Crippen LogP contribution in [0.2, 0.25) is 0 Å². The number of nitrogens with zero attached hydrogens (tertiary/aromatic N) is 1. The van der Waals surface area contributed by atoms with Crippen LogP contribution in [0.3, 0.4) is 0 Å². The molecule has 3 aromatic carbocycles. The highest BCUT2D eigenvalue weighted by Gasteiger charge is 2.30. The molecule has 0 bridgehead atoms. The highest BCUT2D eigenvalue weighted by atomic mass is 19.1. The average molecular weight is 320 g/mol. The summed E-state index contributed by atoms with van der Waals surface area (Å²) >= 11 is 0. The predicted octanol–water partition coefficient (Wildman–Crippen LogP) is 3.58. The van der Waals surface area contributed by atoms with Gasteiger partial charge in [-0.2, -0.15) is 0 Å². The lowest BCUT2D eigenvalue weighted by Crippen LogP contribution is -2.35. The van der Waals surface area contributed by atoms with Crippen molar-refractivity contribution in [3.05, 3.63) is 72.0 Å². The number of amides is 2. The van der Waals surface area contributed by atoms with Crippen LogP contribution in [-0.4, -0.2) is 18.4 Å². The molecule has 5 heteroatoms. The zero-order valence-corrected chi connectivity index (χ0v) is 12.6. The second-order valence-corrected chi connectivity index (χ2v) is 5.60. The minimum atomic E-state index is -0.510. The van der Waals surface area contributed by atoms with E-state index in [4.69, 9.17) is 0 Å². The van der Waals surface area contributed by atoms with Crippen LogP contribution in [0.4, 0.5) is 15.8 Å². The van der Waals surface area contributed by atoms with Gasteiger partial charge in [-0.05, 0) is 29.7 Å². The van der Waals surface area contributed by atoms with Crippen molar-refractivity contribution in [2.24, 2.45) is 0 Å². The van der Waals surface area contributed by atoms with Gasteiger partial charge in [0.25, 0.3) is 5.91 Å². The molecule has 1 heterocycles. The molecule has 0 radical (unpaired) electrons. The maximum Gasteiger partial charge on any atom is 0.259 e. The Morgan fingerprint density at radius 3 is 2.54 bits per heavy atom. The summed E-state index contributed by atoms with van der Waals surface area (Å²) in [6.45, 7) is -0.166. The molecule has 1 aliphatic heterocycles. The molecule has 4 nitrogen and oxygen atoms in total. The molecular weight excluding hydrogens is 307 g/mol. The first kappa shape index (κ1) is 14.4. The lowest BCUT2D eigenvalue weighted by molar-refractivity contribution is -0.114. The molecule has 24 heavy (non-hydrogen) atoms. The zero-order valence-electron chi connectivity index (χ0n) is 12.6. The Morgan fingerprint density at radius 1 is 1.00 bits per heavy atom. The number of nitrogens with one attached hydrogen (secondary N) is 1. The molecule has 0 aliphatic carbocycles. The number of hydrogen-bond donors (Lipinski definition) is 1. The van der Waals surface area contributed by atoms with Crippen molar-refractivity contribution >= 4 is 34.0 Å². The number of rotatable bonds is 3. The Kier molecular flexibility index (Phi) is 3.27. The Bertz CT molecular complexity index is 979. The highest BCUT2D eigenvalue weighted by Crippen LogP contribution is 2.36. The quantitative estimate of drug-likeness (QED) is 0.802. The van der Waals surface area contributed by atoms with E-state index >= 15 is 0 Å². The van der Waals surface area contributed by atoms with Crippen molar-refractivity contribution < 1.29 is 14.0 Å². The minimum Gasteiger partial charge on any atom is -0.322 e. The first-order valence-electron chi connectivity index (χ1n) is 7.53. The molecule has 0 atom stereocenters. The van der Waals surface area contributed by atoms with Crippen molar-refractivity contribution in [1.29, 1.82) is 0 Å². The molecule has 1 aliphatic rings. The molecule has 0 fully saturated rings. The van der Waals surface area contributed by atoms with Crippen molar-refractivity contribution in [3.63, 3.8) is 0 Å². The Hall–Kier alpha value is -3.21. The van der Waals surface area contributed by atoms with Crippen LogP contribution in [0.15, 0.2) is 60.7 Å². The highest BCUT2D eigenvalue weighted by molar-refractivity contribution is 6.26. The molecular formula is C19H13FN2O2. The summed E-state index contributed by atoms with van der Waals surface area (Å²) in [7, 11) is 0. The fourth-order valence-electron chi connectivity index (χ4n) is 3.03.